The van der Waals surface area contributed by atoms with Crippen molar-refractivity contribution in [1.29, 1.82) is 0 Å². The summed E-state index contributed by atoms with van der Waals surface area (Å²) in [6.45, 7) is 2.28. The van der Waals surface area contributed by atoms with Crippen molar-refractivity contribution in [3.05, 3.63) is 76.9 Å². The van der Waals surface area contributed by atoms with Crippen molar-refractivity contribution < 1.29 is 14.4 Å². The van der Waals surface area contributed by atoms with Crippen molar-refractivity contribution in [2.24, 2.45) is 5.73 Å². The van der Waals surface area contributed by atoms with Crippen molar-refractivity contribution in [2.75, 3.05) is 18.0 Å². The molecule has 0 saturated carbocycles. The number of thiophene rings is 1. The number of piperidine rings is 1. The van der Waals surface area contributed by atoms with E-state index in [9.17, 15) is 9.90 Å². The number of hydrogen-bond donors (Lipinski definition) is 2. The maximum atomic E-state index is 11.5. The molecule has 1 aliphatic heterocycles. The summed E-state index contributed by atoms with van der Waals surface area (Å²) < 4.78 is 7.62. The Morgan fingerprint density at radius 2 is 2.00 bits per heavy atom. The van der Waals surface area contributed by atoms with E-state index in [1.165, 1.54) is 11.3 Å². The van der Waals surface area contributed by atoms with Crippen LogP contribution in [-0.4, -0.2) is 54.9 Å². The van der Waals surface area contributed by atoms with Crippen molar-refractivity contribution in [3.8, 4) is 10.6 Å². The Balaban J connectivity index is 0.000000182. The summed E-state index contributed by atoms with van der Waals surface area (Å²) in [5.41, 5.74) is 7.79. The quantitative estimate of drug-likeness (QED) is 0.330. The number of carboxylic acid groups (broad SMARTS) is 1. The van der Waals surface area contributed by atoms with Crippen LogP contribution >= 0.6 is 22.9 Å². The maximum Gasteiger partial charge on any atom is 0.372 e. The van der Waals surface area contributed by atoms with Crippen molar-refractivity contribution in [1.82, 2.24) is 24.7 Å². The lowest BCUT2D eigenvalue weighted by Crippen LogP contribution is -2.40. The number of rotatable bonds is 5. The van der Waals surface area contributed by atoms with Gasteiger partial charge in [0.05, 0.1) is 26.8 Å². The number of nitrogens with two attached hydrogens (primary N) is 1. The fourth-order valence-electron chi connectivity index (χ4n) is 4.11. The summed E-state index contributed by atoms with van der Waals surface area (Å²) in [5.74, 6) is 0.505. The van der Waals surface area contributed by atoms with Crippen LogP contribution in [0.5, 0.6) is 0 Å². The summed E-state index contributed by atoms with van der Waals surface area (Å²) in [6.07, 6.45) is 5.48. The summed E-state index contributed by atoms with van der Waals surface area (Å²) >= 11 is 7.32. The molecule has 4 aromatic heterocycles. The minimum Gasteiger partial charge on any atom is -0.475 e. The molecule has 5 heterocycles. The number of anilines is 1. The second-order valence-electron chi connectivity index (χ2n) is 8.49. The smallest absolute Gasteiger partial charge is 0.372 e. The van der Waals surface area contributed by atoms with Crippen LogP contribution in [0, 0.1) is 0 Å². The molecule has 0 aliphatic carbocycles. The van der Waals surface area contributed by atoms with Gasteiger partial charge in [-0.2, -0.15) is 0 Å². The van der Waals surface area contributed by atoms with Gasteiger partial charge in [0.2, 0.25) is 5.82 Å². The molecule has 0 atom stereocenters. The minimum atomic E-state index is -1.08. The molecule has 1 saturated heterocycles. The number of fused-ring (bicyclic) bond motifs is 1. The number of aromatic carboxylic acids is 1. The number of aromatic nitrogens is 5. The molecule has 190 valence electrons. The third-order valence-electron chi connectivity index (χ3n) is 5.97. The number of nitrogens with zero attached hydrogens (tertiary/aromatic N) is 6. The van der Waals surface area contributed by atoms with Crippen LogP contribution in [0.2, 0.25) is 4.34 Å². The summed E-state index contributed by atoms with van der Waals surface area (Å²) in [7, 11) is 0. The first kappa shape index (κ1) is 24.9. The van der Waals surface area contributed by atoms with E-state index in [0.29, 0.717) is 27.3 Å². The average molecular weight is 538 g/mol. The zero-order valence-corrected chi connectivity index (χ0v) is 21.3. The fraction of sp³-hybridized carbons (Fsp3) is 0.240. The summed E-state index contributed by atoms with van der Waals surface area (Å²) in [4.78, 5) is 26.9. The zero-order valence-electron chi connectivity index (χ0n) is 19.7. The van der Waals surface area contributed by atoms with Crippen molar-refractivity contribution >= 4 is 45.8 Å². The standard InChI is InChI=1S/C16H10ClN3O3S.C9H14N4/c17-14-6-5-13(24-14)12-7-9(19-23-12)8-20-11-4-2-1-3-10(11)18-15(20)16(21)22;10-8-2-5-13(6-3-8)9-1-4-11-7-12-9/h1-7H,8H2,(H,21,22);1,4,7-8H,2-3,5-6,10H2. The molecule has 0 bridgehead atoms. The third-order valence-corrected chi connectivity index (χ3v) is 7.22. The highest BCUT2D eigenvalue weighted by atomic mass is 35.5. The predicted molar refractivity (Wildman–Crippen MR) is 142 cm³/mol. The van der Waals surface area contributed by atoms with Gasteiger partial charge >= 0.3 is 5.97 Å². The molecular weight excluding hydrogens is 514 g/mol. The molecule has 0 spiro atoms. The Morgan fingerprint density at radius 3 is 2.70 bits per heavy atom. The van der Waals surface area contributed by atoms with E-state index in [-0.39, 0.29) is 12.4 Å². The van der Waals surface area contributed by atoms with Gasteiger partial charge in [-0.1, -0.05) is 28.9 Å². The lowest BCUT2D eigenvalue weighted by Gasteiger charge is -2.30. The topological polar surface area (TPSA) is 136 Å². The Bertz CT molecular complexity index is 1490. The molecule has 0 amide bonds. The number of carbonyl (C=O) groups is 1. The summed E-state index contributed by atoms with van der Waals surface area (Å²) in [6, 6.07) is 15.0. The lowest BCUT2D eigenvalue weighted by molar-refractivity contribution is 0.0679. The molecule has 0 radical (unpaired) electrons. The first-order valence-electron chi connectivity index (χ1n) is 11.6. The van der Waals surface area contributed by atoms with Crippen LogP contribution in [-0.2, 0) is 6.54 Å². The molecular formula is C25H24ClN7O3S. The first-order valence-corrected chi connectivity index (χ1v) is 12.8. The van der Waals surface area contributed by atoms with Gasteiger partial charge < -0.3 is 24.8 Å². The highest BCUT2D eigenvalue weighted by Crippen LogP contribution is 2.31. The van der Waals surface area contributed by atoms with E-state index in [1.807, 2.05) is 30.3 Å². The van der Waals surface area contributed by atoms with Crippen LogP contribution in [0.3, 0.4) is 0 Å². The molecule has 37 heavy (non-hydrogen) atoms. The average Bonchev–Trinajstić information content (AvgIpc) is 3.65. The maximum absolute atomic E-state index is 11.5. The van der Waals surface area contributed by atoms with E-state index >= 15 is 0 Å². The molecule has 0 unspecified atom stereocenters. The second kappa shape index (κ2) is 11.1. The lowest BCUT2D eigenvalue weighted by atomic mass is 10.1. The molecule has 5 aromatic rings. The van der Waals surface area contributed by atoms with Crippen LogP contribution < -0.4 is 10.6 Å². The molecule has 12 heteroatoms. The van der Waals surface area contributed by atoms with Gasteiger partial charge in [0, 0.05) is 31.4 Å². The number of para-hydroxylation sites is 2. The number of hydrogen-bond acceptors (Lipinski definition) is 9. The van der Waals surface area contributed by atoms with Gasteiger partial charge in [0.1, 0.15) is 17.8 Å². The van der Waals surface area contributed by atoms with E-state index < -0.39 is 5.97 Å². The predicted octanol–water partition coefficient (Wildman–Crippen LogP) is 4.56. The largest absolute Gasteiger partial charge is 0.475 e. The zero-order chi connectivity index (χ0) is 25.8. The SMILES string of the molecule is NC1CCN(c2ccncn2)CC1.O=C(O)c1nc2ccccc2n1Cc1cc(-c2ccc(Cl)s2)on1. The van der Waals surface area contributed by atoms with E-state index in [4.69, 9.17) is 21.9 Å². The molecule has 3 N–H and O–H groups in total. The van der Waals surface area contributed by atoms with Gasteiger partial charge in [-0.15, -0.1) is 11.3 Å². The Labute approximate surface area is 221 Å². The van der Waals surface area contributed by atoms with Crippen LogP contribution in [0.4, 0.5) is 5.82 Å². The fourth-order valence-corrected chi connectivity index (χ4v) is 5.10. The molecule has 6 rings (SSSR count). The second-order valence-corrected chi connectivity index (χ2v) is 10.2. The number of halogens is 1. The van der Waals surface area contributed by atoms with E-state index in [2.05, 4.69) is 25.0 Å². The third kappa shape index (κ3) is 5.79. The molecule has 1 aromatic carbocycles. The van der Waals surface area contributed by atoms with Gasteiger partial charge in [0.25, 0.3) is 0 Å². The number of carboxylic acids is 1. The van der Waals surface area contributed by atoms with Gasteiger partial charge in [0.15, 0.2) is 5.76 Å². The highest BCUT2D eigenvalue weighted by molar-refractivity contribution is 7.19. The van der Waals surface area contributed by atoms with Crippen molar-refractivity contribution in [3.63, 3.8) is 0 Å². The van der Waals surface area contributed by atoms with Crippen LogP contribution in [0.1, 0.15) is 29.2 Å². The molecule has 10 nitrogen and oxygen atoms in total. The molecule has 1 aliphatic rings. The van der Waals surface area contributed by atoms with Gasteiger partial charge in [-0.3, -0.25) is 0 Å². The van der Waals surface area contributed by atoms with Gasteiger partial charge in [-0.05, 0) is 43.2 Å². The normalized spacial score (nSPS) is 13.9. The highest BCUT2D eigenvalue weighted by Gasteiger charge is 2.19. The van der Waals surface area contributed by atoms with Gasteiger partial charge in [-0.25, -0.2) is 19.7 Å². The van der Waals surface area contributed by atoms with E-state index in [1.54, 1.807) is 35.3 Å². The Hall–Kier alpha value is -3.80. The summed E-state index contributed by atoms with van der Waals surface area (Å²) in [5, 5.41) is 13.4. The van der Waals surface area contributed by atoms with E-state index in [0.717, 1.165) is 42.1 Å². The number of imidazole rings is 1. The Kier molecular flexibility index (Phi) is 7.45. The monoisotopic (exact) mass is 537 g/mol. The Morgan fingerprint density at radius 1 is 1.19 bits per heavy atom. The first-order chi connectivity index (χ1) is 18.0. The minimum absolute atomic E-state index is 0.0279. The molecule has 1 fully saturated rings. The van der Waals surface area contributed by atoms with Crippen LogP contribution in [0.25, 0.3) is 21.7 Å². The number of benzene rings is 1. The van der Waals surface area contributed by atoms with Crippen LogP contribution in [0.15, 0.2) is 65.6 Å². The van der Waals surface area contributed by atoms with Crippen molar-refractivity contribution in [2.45, 2.75) is 25.4 Å².